The second-order valence-electron chi connectivity index (χ2n) is 7.39. The second kappa shape index (κ2) is 8.89. The van der Waals surface area contributed by atoms with Crippen molar-refractivity contribution in [3.05, 3.63) is 94.5 Å². The minimum absolute atomic E-state index is 0.122. The first-order chi connectivity index (χ1) is 15.4. The van der Waals surface area contributed by atoms with Crippen molar-refractivity contribution in [1.82, 2.24) is 9.21 Å². The van der Waals surface area contributed by atoms with Crippen molar-refractivity contribution in [3.8, 4) is 11.1 Å². The van der Waals surface area contributed by atoms with E-state index in [0.717, 1.165) is 17.2 Å². The molecule has 1 saturated heterocycles. The molecule has 0 bridgehead atoms. The number of carbonyl (C=O) groups is 1. The van der Waals surface area contributed by atoms with Crippen LogP contribution in [-0.2, 0) is 10.0 Å². The molecule has 3 aromatic rings. The molecule has 1 heterocycles. The Morgan fingerprint density at radius 2 is 1.44 bits per heavy atom. The lowest BCUT2D eigenvalue weighted by Gasteiger charge is -2.34. The van der Waals surface area contributed by atoms with Crippen LogP contribution in [0.25, 0.3) is 11.1 Å². The van der Waals surface area contributed by atoms with Crippen molar-refractivity contribution in [2.45, 2.75) is 4.90 Å². The lowest BCUT2D eigenvalue weighted by atomic mass is 10.0. The first kappa shape index (κ1) is 21.7. The number of piperazine rings is 1. The van der Waals surface area contributed by atoms with Crippen molar-refractivity contribution in [3.63, 3.8) is 0 Å². The predicted molar refractivity (Wildman–Crippen MR) is 120 cm³/mol. The van der Waals surface area contributed by atoms with E-state index in [2.05, 4.69) is 0 Å². The van der Waals surface area contributed by atoms with Crippen LogP contribution in [0, 0.1) is 10.1 Å². The third-order valence-electron chi connectivity index (χ3n) is 5.43. The molecule has 4 rings (SSSR count). The van der Waals surface area contributed by atoms with Gasteiger partial charge in [0, 0.05) is 43.9 Å². The molecule has 32 heavy (non-hydrogen) atoms. The molecule has 0 unspecified atom stereocenters. The van der Waals surface area contributed by atoms with E-state index in [-0.39, 0.29) is 42.7 Å². The first-order valence-electron chi connectivity index (χ1n) is 10.1. The van der Waals surface area contributed by atoms with Crippen LogP contribution in [0.2, 0.25) is 0 Å². The summed E-state index contributed by atoms with van der Waals surface area (Å²) >= 11 is 0. The molecule has 1 fully saturated rings. The Kier molecular flexibility index (Phi) is 6.02. The van der Waals surface area contributed by atoms with Crippen LogP contribution in [0.4, 0.5) is 5.69 Å². The van der Waals surface area contributed by atoms with Crippen LogP contribution >= 0.6 is 0 Å². The summed E-state index contributed by atoms with van der Waals surface area (Å²) in [5.41, 5.74) is 2.33. The average molecular weight is 452 g/mol. The van der Waals surface area contributed by atoms with Gasteiger partial charge in [0.15, 0.2) is 0 Å². The number of carbonyl (C=O) groups excluding carboxylic acids is 1. The van der Waals surface area contributed by atoms with Crippen LogP contribution in [-0.4, -0.2) is 54.6 Å². The zero-order valence-corrected chi connectivity index (χ0v) is 17.9. The maximum atomic E-state index is 12.9. The normalized spacial score (nSPS) is 14.8. The van der Waals surface area contributed by atoms with Crippen molar-refractivity contribution in [1.29, 1.82) is 0 Å². The molecule has 0 spiro atoms. The van der Waals surface area contributed by atoms with Crippen molar-refractivity contribution in [2.24, 2.45) is 0 Å². The lowest BCUT2D eigenvalue weighted by molar-refractivity contribution is -0.385. The Morgan fingerprint density at radius 1 is 0.812 bits per heavy atom. The molecule has 164 valence electrons. The van der Waals surface area contributed by atoms with Gasteiger partial charge in [0.2, 0.25) is 10.0 Å². The molecule has 0 atom stereocenters. The van der Waals surface area contributed by atoms with Gasteiger partial charge in [-0.15, -0.1) is 0 Å². The van der Waals surface area contributed by atoms with Gasteiger partial charge in [-0.25, -0.2) is 8.42 Å². The monoisotopic (exact) mass is 451 g/mol. The number of amides is 1. The minimum Gasteiger partial charge on any atom is -0.336 e. The molecule has 1 amide bonds. The number of non-ortho nitro benzene ring substituents is 1. The molecule has 1 aliphatic rings. The summed E-state index contributed by atoms with van der Waals surface area (Å²) in [6.07, 6.45) is 0. The van der Waals surface area contributed by atoms with E-state index in [1.807, 2.05) is 42.5 Å². The largest absolute Gasteiger partial charge is 0.336 e. The molecule has 3 aromatic carbocycles. The van der Waals surface area contributed by atoms with E-state index in [9.17, 15) is 23.3 Å². The van der Waals surface area contributed by atoms with Gasteiger partial charge >= 0.3 is 0 Å². The molecular weight excluding hydrogens is 430 g/mol. The third-order valence-corrected chi connectivity index (χ3v) is 7.33. The molecule has 0 N–H and O–H groups in total. The molecule has 0 radical (unpaired) electrons. The summed E-state index contributed by atoms with van der Waals surface area (Å²) in [6, 6.07) is 22.2. The molecular formula is C23H21N3O5S. The highest BCUT2D eigenvalue weighted by atomic mass is 32.2. The molecule has 0 aliphatic carbocycles. The number of nitro groups is 1. The van der Waals surface area contributed by atoms with E-state index in [1.54, 1.807) is 17.0 Å². The summed E-state index contributed by atoms with van der Waals surface area (Å²) in [6.45, 7) is 0.735. The van der Waals surface area contributed by atoms with E-state index >= 15 is 0 Å². The summed E-state index contributed by atoms with van der Waals surface area (Å²) in [5.74, 6) is -0.156. The second-order valence-corrected chi connectivity index (χ2v) is 9.33. The molecule has 0 aromatic heterocycles. The van der Waals surface area contributed by atoms with E-state index < -0.39 is 14.9 Å². The van der Waals surface area contributed by atoms with E-state index in [1.165, 1.54) is 22.5 Å². The first-order valence-corrected chi connectivity index (χ1v) is 11.5. The van der Waals surface area contributed by atoms with Gasteiger partial charge in [0.05, 0.1) is 9.82 Å². The van der Waals surface area contributed by atoms with Crippen molar-refractivity contribution < 1.29 is 18.1 Å². The maximum Gasteiger partial charge on any atom is 0.270 e. The topological polar surface area (TPSA) is 101 Å². The highest BCUT2D eigenvalue weighted by molar-refractivity contribution is 7.89. The zero-order chi connectivity index (χ0) is 22.7. The fourth-order valence-electron chi connectivity index (χ4n) is 3.66. The Morgan fingerprint density at radius 3 is 2.06 bits per heavy atom. The quantitative estimate of drug-likeness (QED) is 0.437. The summed E-state index contributed by atoms with van der Waals surface area (Å²) in [4.78, 5) is 24.7. The predicted octanol–water partition coefficient (Wildman–Crippen LogP) is 3.41. The van der Waals surface area contributed by atoms with Crippen LogP contribution in [0.1, 0.15) is 10.4 Å². The molecule has 8 nitrogen and oxygen atoms in total. The van der Waals surface area contributed by atoms with Crippen LogP contribution < -0.4 is 0 Å². The van der Waals surface area contributed by atoms with E-state index in [4.69, 9.17) is 0 Å². The molecule has 9 heteroatoms. The fraction of sp³-hybridized carbons (Fsp3) is 0.174. The number of nitrogens with zero attached hydrogens (tertiary/aromatic N) is 3. The smallest absolute Gasteiger partial charge is 0.270 e. The standard InChI is InChI=1S/C23H21N3O5S/c27-23(20-11-9-19(10-12-20)18-5-2-1-3-6-18)24-13-15-25(16-14-24)32(30,31)22-8-4-7-21(17-22)26(28)29/h1-12,17H,13-16H2. The maximum absolute atomic E-state index is 12.9. The van der Waals surface area contributed by atoms with Crippen molar-refractivity contribution in [2.75, 3.05) is 26.2 Å². The van der Waals surface area contributed by atoms with E-state index in [0.29, 0.717) is 5.56 Å². The minimum atomic E-state index is -3.88. The van der Waals surface area contributed by atoms with Gasteiger partial charge in [-0.2, -0.15) is 4.31 Å². The number of benzene rings is 3. The number of rotatable bonds is 5. The SMILES string of the molecule is O=C(c1ccc(-c2ccccc2)cc1)N1CCN(S(=O)(=O)c2cccc([N+](=O)[O-])c2)CC1. The number of nitro benzene ring substituents is 1. The van der Waals surface area contributed by atoms with Gasteiger partial charge in [-0.05, 0) is 29.3 Å². The summed E-state index contributed by atoms with van der Waals surface area (Å²) in [7, 11) is -3.88. The third kappa shape index (κ3) is 4.39. The van der Waals surface area contributed by atoms with Crippen molar-refractivity contribution >= 4 is 21.6 Å². The lowest BCUT2D eigenvalue weighted by Crippen LogP contribution is -2.50. The van der Waals surface area contributed by atoms with Gasteiger partial charge < -0.3 is 4.90 Å². The Labute approximate surface area is 185 Å². The summed E-state index contributed by atoms with van der Waals surface area (Å²) < 4.78 is 27.0. The van der Waals surface area contributed by atoms with Crippen LogP contribution in [0.3, 0.4) is 0 Å². The van der Waals surface area contributed by atoms with Gasteiger partial charge in [0.1, 0.15) is 0 Å². The van der Waals surface area contributed by atoms with Crippen LogP contribution in [0.15, 0.2) is 83.8 Å². The Bertz CT molecular complexity index is 1240. The zero-order valence-electron chi connectivity index (χ0n) is 17.1. The molecule has 0 saturated carbocycles. The van der Waals surface area contributed by atoms with Gasteiger partial charge in [-0.1, -0.05) is 48.5 Å². The Balaban J connectivity index is 1.42. The number of hydrogen-bond acceptors (Lipinski definition) is 5. The average Bonchev–Trinajstić information content (AvgIpc) is 2.84. The highest BCUT2D eigenvalue weighted by Gasteiger charge is 2.31. The fourth-order valence-corrected chi connectivity index (χ4v) is 5.12. The van der Waals surface area contributed by atoms with Gasteiger partial charge in [-0.3, -0.25) is 14.9 Å². The van der Waals surface area contributed by atoms with Gasteiger partial charge in [0.25, 0.3) is 11.6 Å². The molecule has 1 aliphatic heterocycles. The Hall–Kier alpha value is -3.56. The number of sulfonamides is 1. The highest BCUT2D eigenvalue weighted by Crippen LogP contribution is 2.23. The van der Waals surface area contributed by atoms with Crippen LogP contribution in [0.5, 0.6) is 0 Å². The summed E-state index contributed by atoms with van der Waals surface area (Å²) in [5, 5.41) is 11.0. The number of hydrogen-bond donors (Lipinski definition) is 0.